The van der Waals surface area contributed by atoms with Crippen LogP contribution < -0.4 is 4.46 Å². The van der Waals surface area contributed by atoms with Crippen LogP contribution in [0.5, 0.6) is 0 Å². The van der Waals surface area contributed by atoms with Crippen molar-refractivity contribution in [1.29, 1.82) is 0 Å². The van der Waals surface area contributed by atoms with E-state index in [1.807, 2.05) is 0 Å². The number of hydrogen-bond acceptors (Lipinski definition) is 1. The molecular weight excluding hydrogens is 287 g/mol. The summed E-state index contributed by atoms with van der Waals surface area (Å²) in [6.45, 7) is 0. The van der Waals surface area contributed by atoms with Gasteiger partial charge in [0, 0.05) is 0 Å². The molecule has 1 heterocycles. The van der Waals surface area contributed by atoms with Gasteiger partial charge in [0.1, 0.15) is 0 Å². The second kappa shape index (κ2) is 5.11. The fourth-order valence-corrected chi connectivity index (χ4v) is 4.51. The summed E-state index contributed by atoms with van der Waals surface area (Å²) >= 11 is 0.368. The van der Waals surface area contributed by atoms with Gasteiger partial charge in [-0.3, -0.25) is 0 Å². The molecule has 0 aliphatic carbocycles. The summed E-state index contributed by atoms with van der Waals surface area (Å²) < 4.78 is 8.44. The van der Waals surface area contributed by atoms with Gasteiger partial charge in [-0.15, -0.1) is 0 Å². The zero-order chi connectivity index (χ0) is 12.4. The summed E-state index contributed by atoms with van der Waals surface area (Å²) in [4.78, 5) is 0. The van der Waals surface area contributed by atoms with Gasteiger partial charge in [0.15, 0.2) is 0 Å². The van der Waals surface area contributed by atoms with Gasteiger partial charge >= 0.3 is 114 Å². The number of benzene rings is 2. The van der Waals surface area contributed by atoms with Gasteiger partial charge in [0.25, 0.3) is 0 Å². The molecule has 2 aromatic rings. The van der Waals surface area contributed by atoms with E-state index in [-0.39, 0.29) is 6.10 Å². The third kappa shape index (κ3) is 2.15. The molecule has 2 heteroatoms. The number of rotatable bonds is 2. The molecule has 0 bridgehead atoms. The zero-order valence-corrected chi connectivity index (χ0v) is 11.9. The first-order valence-corrected chi connectivity index (χ1v) is 7.66. The standard InChI is InChI=1S/C16H14OSe/c1-17-14-11-16(12-7-3-2-4-8-12)18-15-10-6-5-9-13(14)15/h2-11,14H,1H3. The summed E-state index contributed by atoms with van der Waals surface area (Å²) in [5.41, 5.74) is 2.63. The van der Waals surface area contributed by atoms with Crippen LogP contribution in [0.25, 0.3) is 4.47 Å². The molecule has 1 aliphatic heterocycles. The van der Waals surface area contributed by atoms with Crippen LogP contribution in [0.4, 0.5) is 0 Å². The third-order valence-electron chi connectivity index (χ3n) is 3.06. The van der Waals surface area contributed by atoms with Crippen molar-refractivity contribution in [2.75, 3.05) is 7.11 Å². The Morgan fingerprint density at radius 3 is 2.44 bits per heavy atom. The van der Waals surface area contributed by atoms with E-state index in [9.17, 15) is 0 Å². The Hall–Kier alpha value is -1.34. The Kier molecular flexibility index (Phi) is 3.33. The van der Waals surface area contributed by atoms with Crippen molar-refractivity contribution in [3.63, 3.8) is 0 Å². The Bertz CT molecular complexity index is 575. The molecule has 0 fully saturated rings. The van der Waals surface area contributed by atoms with E-state index in [2.05, 4.69) is 60.7 Å². The normalized spacial score (nSPS) is 18.1. The molecule has 0 spiro atoms. The Balaban J connectivity index is 2.03. The second-order valence-electron chi connectivity index (χ2n) is 4.19. The molecule has 90 valence electrons. The van der Waals surface area contributed by atoms with Gasteiger partial charge in [-0.25, -0.2) is 0 Å². The third-order valence-corrected chi connectivity index (χ3v) is 5.54. The van der Waals surface area contributed by atoms with Crippen LogP contribution in [-0.4, -0.2) is 22.1 Å². The van der Waals surface area contributed by atoms with E-state index in [0.717, 1.165) is 0 Å². The van der Waals surface area contributed by atoms with E-state index in [4.69, 9.17) is 4.74 Å². The number of ether oxygens (including phenoxy) is 1. The van der Waals surface area contributed by atoms with Gasteiger partial charge in [-0.1, -0.05) is 0 Å². The van der Waals surface area contributed by atoms with Crippen molar-refractivity contribution < 1.29 is 4.74 Å². The van der Waals surface area contributed by atoms with Gasteiger partial charge in [0.05, 0.1) is 0 Å². The van der Waals surface area contributed by atoms with Crippen molar-refractivity contribution >= 4 is 23.9 Å². The average molecular weight is 301 g/mol. The fourth-order valence-electron chi connectivity index (χ4n) is 2.14. The fraction of sp³-hybridized carbons (Fsp3) is 0.125. The van der Waals surface area contributed by atoms with Crippen LogP contribution in [0.1, 0.15) is 17.2 Å². The SMILES string of the molecule is COC1C=C(c2ccccc2)[Se]c2ccccc21. The molecule has 0 radical (unpaired) electrons. The monoisotopic (exact) mass is 302 g/mol. The van der Waals surface area contributed by atoms with Crippen molar-refractivity contribution in [2.24, 2.45) is 0 Å². The summed E-state index contributed by atoms with van der Waals surface area (Å²) in [6.07, 6.45) is 2.35. The summed E-state index contributed by atoms with van der Waals surface area (Å²) in [7, 11) is 1.78. The van der Waals surface area contributed by atoms with Crippen molar-refractivity contribution in [2.45, 2.75) is 6.10 Å². The molecule has 1 nitrogen and oxygen atoms in total. The van der Waals surface area contributed by atoms with Crippen LogP contribution in [0, 0.1) is 0 Å². The molecule has 0 amide bonds. The van der Waals surface area contributed by atoms with Gasteiger partial charge in [-0.05, 0) is 0 Å². The maximum absolute atomic E-state index is 5.60. The number of hydrogen-bond donors (Lipinski definition) is 0. The minimum absolute atomic E-state index is 0.0898. The first kappa shape index (κ1) is 11.7. The molecule has 0 saturated heterocycles. The molecular formula is C16H14OSe. The molecule has 0 saturated carbocycles. The first-order valence-electron chi connectivity index (χ1n) is 5.95. The maximum atomic E-state index is 5.60. The van der Waals surface area contributed by atoms with Gasteiger partial charge in [0.2, 0.25) is 0 Å². The van der Waals surface area contributed by atoms with Crippen molar-refractivity contribution in [3.05, 3.63) is 71.8 Å². The molecule has 18 heavy (non-hydrogen) atoms. The number of fused-ring (bicyclic) bond motifs is 1. The predicted molar refractivity (Wildman–Crippen MR) is 76.0 cm³/mol. The molecule has 1 atom stereocenters. The Morgan fingerprint density at radius 2 is 1.67 bits per heavy atom. The van der Waals surface area contributed by atoms with Gasteiger partial charge < -0.3 is 0 Å². The second-order valence-corrected chi connectivity index (χ2v) is 6.47. The van der Waals surface area contributed by atoms with E-state index in [0.29, 0.717) is 15.0 Å². The zero-order valence-electron chi connectivity index (χ0n) is 10.2. The van der Waals surface area contributed by atoms with E-state index in [1.54, 1.807) is 7.11 Å². The van der Waals surface area contributed by atoms with E-state index < -0.39 is 0 Å². The van der Waals surface area contributed by atoms with Crippen LogP contribution in [0.15, 0.2) is 60.7 Å². The van der Waals surface area contributed by atoms with Gasteiger partial charge in [-0.2, -0.15) is 0 Å². The quantitative estimate of drug-likeness (QED) is 0.775. The van der Waals surface area contributed by atoms with E-state index in [1.165, 1.54) is 20.1 Å². The molecule has 1 aliphatic rings. The summed E-state index contributed by atoms with van der Waals surface area (Å²) in [5, 5.41) is 0. The Morgan fingerprint density at radius 1 is 0.944 bits per heavy atom. The Labute approximate surface area is 114 Å². The van der Waals surface area contributed by atoms with Crippen molar-refractivity contribution in [1.82, 2.24) is 0 Å². The average Bonchev–Trinajstić information content (AvgIpc) is 2.47. The molecule has 0 aromatic heterocycles. The molecule has 1 unspecified atom stereocenters. The van der Waals surface area contributed by atoms with Crippen LogP contribution >= 0.6 is 0 Å². The van der Waals surface area contributed by atoms with E-state index >= 15 is 0 Å². The molecule has 2 aromatic carbocycles. The first-order chi connectivity index (χ1) is 8.88. The topological polar surface area (TPSA) is 9.23 Å². The van der Waals surface area contributed by atoms with Crippen molar-refractivity contribution in [3.8, 4) is 0 Å². The van der Waals surface area contributed by atoms with Crippen LogP contribution in [-0.2, 0) is 4.74 Å². The van der Waals surface area contributed by atoms with Crippen LogP contribution in [0.2, 0.25) is 0 Å². The summed E-state index contributed by atoms with van der Waals surface area (Å²) in [6, 6.07) is 19.2. The van der Waals surface area contributed by atoms with Crippen LogP contribution in [0.3, 0.4) is 0 Å². The molecule has 3 rings (SSSR count). The molecule has 0 N–H and O–H groups in total. The number of methoxy groups -OCH3 is 1. The minimum atomic E-state index is 0.0898. The summed E-state index contributed by atoms with van der Waals surface area (Å²) in [5.74, 6) is 0. The predicted octanol–water partition coefficient (Wildman–Crippen LogP) is 2.76.